The van der Waals surface area contributed by atoms with Crippen molar-refractivity contribution in [3.8, 4) is 5.75 Å². The second kappa shape index (κ2) is 6.47. The van der Waals surface area contributed by atoms with Crippen molar-refractivity contribution in [1.82, 2.24) is 9.97 Å². The van der Waals surface area contributed by atoms with E-state index < -0.39 is 5.97 Å². The van der Waals surface area contributed by atoms with Crippen molar-refractivity contribution in [2.75, 3.05) is 0 Å². The number of aliphatic carboxylic acids is 1. The molecule has 1 heterocycles. The van der Waals surface area contributed by atoms with Gasteiger partial charge in [-0.05, 0) is 24.6 Å². The molecule has 2 rings (SSSR count). The number of para-hydroxylation sites is 1. The number of benzene rings is 1. The van der Waals surface area contributed by atoms with Gasteiger partial charge in [0.2, 0.25) is 0 Å². The number of aryl methyl sites for hydroxylation is 1. The number of rotatable bonds is 5. The van der Waals surface area contributed by atoms with Gasteiger partial charge in [-0.1, -0.05) is 18.2 Å². The molecule has 1 aromatic carbocycles. The molecule has 20 heavy (non-hydrogen) atoms. The molecule has 1 N–H and O–H groups in total. The minimum absolute atomic E-state index is 0.236. The predicted octanol–water partition coefficient (Wildman–Crippen LogP) is 2.46. The Hall–Kier alpha value is -2.69. The Bertz CT molecular complexity index is 624. The summed E-state index contributed by atoms with van der Waals surface area (Å²) in [6, 6.07) is 7.29. The van der Waals surface area contributed by atoms with Crippen LogP contribution in [0.3, 0.4) is 0 Å². The number of hydrogen-bond acceptors (Lipinski definition) is 4. The SMILES string of the molecule is Cc1cccc(/C=C/C(=O)O)c1OCc1ncccn1. The van der Waals surface area contributed by atoms with Crippen molar-refractivity contribution < 1.29 is 14.6 Å². The highest BCUT2D eigenvalue weighted by molar-refractivity contribution is 5.86. The normalized spacial score (nSPS) is 10.7. The molecule has 5 heteroatoms. The molecule has 0 saturated carbocycles. The quantitative estimate of drug-likeness (QED) is 0.845. The van der Waals surface area contributed by atoms with E-state index in [0.29, 0.717) is 17.1 Å². The number of carboxylic acid groups (broad SMARTS) is 1. The van der Waals surface area contributed by atoms with Crippen LogP contribution in [-0.4, -0.2) is 21.0 Å². The van der Waals surface area contributed by atoms with E-state index in [-0.39, 0.29) is 6.61 Å². The van der Waals surface area contributed by atoms with Gasteiger partial charge in [-0.2, -0.15) is 0 Å². The van der Waals surface area contributed by atoms with Crippen LogP contribution in [0.25, 0.3) is 6.08 Å². The molecular formula is C15H14N2O3. The molecule has 0 bridgehead atoms. The van der Waals surface area contributed by atoms with Crippen LogP contribution in [0.15, 0.2) is 42.7 Å². The van der Waals surface area contributed by atoms with Crippen LogP contribution < -0.4 is 4.74 Å². The molecule has 0 fully saturated rings. The summed E-state index contributed by atoms with van der Waals surface area (Å²) < 4.78 is 5.72. The third kappa shape index (κ3) is 3.65. The summed E-state index contributed by atoms with van der Waals surface area (Å²) in [5.74, 6) is 0.213. The van der Waals surface area contributed by atoms with Crippen LogP contribution in [-0.2, 0) is 11.4 Å². The Labute approximate surface area is 116 Å². The maximum absolute atomic E-state index is 10.6. The van der Waals surface area contributed by atoms with Crippen molar-refractivity contribution in [2.24, 2.45) is 0 Å². The van der Waals surface area contributed by atoms with E-state index in [1.165, 1.54) is 6.08 Å². The first-order chi connectivity index (χ1) is 9.66. The maximum Gasteiger partial charge on any atom is 0.328 e. The number of ether oxygens (including phenoxy) is 1. The molecule has 5 nitrogen and oxygen atoms in total. The molecule has 0 saturated heterocycles. The number of aromatic nitrogens is 2. The smallest absolute Gasteiger partial charge is 0.328 e. The summed E-state index contributed by atoms with van der Waals surface area (Å²) in [6.07, 6.45) is 5.89. The van der Waals surface area contributed by atoms with Gasteiger partial charge in [0.25, 0.3) is 0 Å². The molecule has 0 unspecified atom stereocenters. The Morgan fingerprint density at radius 2 is 2.05 bits per heavy atom. The molecule has 0 radical (unpaired) electrons. The molecule has 0 aliphatic rings. The molecule has 0 aliphatic carbocycles. The highest BCUT2D eigenvalue weighted by Gasteiger charge is 2.06. The van der Waals surface area contributed by atoms with Crippen LogP contribution in [0.4, 0.5) is 0 Å². The molecule has 0 amide bonds. The number of carboxylic acids is 1. The highest BCUT2D eigenvalue weighted by Crippen LogP contribution is 2.25. The molecule has 102 valence electrons. The minimum Gasteiger partial charge on any atom is -0.485 e. The first-order valence-electron chi connectivity index (χ1n) is 6.06. The van der Waals surface area contributed by atoms with Crippen molar-refractivity contribution in [3.05, 3.63) is 59.7 Å². The fourth-order valence-corrected chi connectivity index (χ4v) is 1.71. The number of hydrogen-bond donors (Lipinski definition) is 1. The summed E-state index contributed by atoms with van der Waals surface area (Å²) in [4.78, 5) is 18.8. The first-order valence-corrected chi connectivity index (χ1v) is 6.06. The molecule has 0 aliphatic heterocycles. The summed E-state index contributed by atoms with van der Waals surface area (Å²) in [6.45, 7) is 2.14. The highest BCUT2D eigenvalue weighted by atomic mass is 16.5. The van der Waals surface area contributed by atoms with E-state index in [2.05, 4.69) is 9.97 Å². The van der Waals surface area contributed by atoms with E-state index in [0.717, 1.165) is 11.6 Å². The summed E-state index contributed by atoms with van der Waals surface area (Å²) in [7, 11) is 0. The Balaban J connectivity index is 2.19. The van der Waals surface area contributed by atoms with Crippen molar-refractivity contribution in [3.63, 3.8) is 0 Å². The second-order valence-electron chi connectivity index (χ2n) is 4.12. The lowest BCUT2D eigenvalue weighted by molar-refractivity contribution is -0.131. The molecule has 2 aromatic rings. The van der Waals surface area contributed by atoms with E-state index in [1.54, 1.807) is 24.5 Å². The first kappa shape index (κ1) is 13.7. The van der Waals surface area contributed by atoms with Gasteiger partial charge in [-0.3, -0.25) is 0 Å². The zero-order chi connectivity index (χ0) is 14.4. The third-order valence-electron chi connectivity index (χ3n) is 2.61. The Morgan fingerprint density at radius 3 is 2.75 bits per heavy atom. The molecule has 0 atom stereocenters. The van der Waals surface area contributed by atoms with Gasteiger partial charge >= 0.3 is 5.97 Å². The van der Waals surface area contributed by atoms with E-state index in [4.69, 9.17) is 9.84 Å². The van der Waals surface area contributed by atoms with E-state index in [1.807, 2.05) is 19.1 Å². The van der Waals surface area contributed by atoms with Gasteiger partial charge in [0.15, 0.2) is 5.82 Å². The van der Waals surface area contributed by atoms with Gasteiger partial charge in [-0.15, -0.1) is 0 Å². The Morgan fingerprint density at radius 1 is 1.30 bits per heavy atom. The lowest BCUT2D eigenvalue weighted by atomic mass is 10.1. The zero-order valence-corrected chi connectivity index (χ0v) is 11.0. The number of nitrogens with zero attached hydrogens (tertiary/aromatic N) is 2. The van der Waals surface area contributed by atoms with Crippen LogP contribution in [0, 0.1) is 6.92 Å². The largest absolute Gasteiger partial charge is 0.485 e. The van der Waals surface area contributed by atoms with Gasteiger partial charge in [0, 0.05) is 24.0 Å². The molecular weight excluding hydrogens is 256 g/mol. The van der Waals surface area contributed by atoms with Gasteiger partial charge in [0.05, 0.1) is 0 Å². The van der Waals surface area contributed by atoms with Crippen LogP contribution in [0.2, 0.25) is 0 Å². The van der Waals surface area contributed by atoms with E-state index >= 15 is 0 Å². The topological polar surface area (TPSA) is 72.3 Å². The third-order valence-corrected chi connectivity index (χ3v) is 2.61. The number of carbonyl (C=O) groups is 1. The predicted molar refractivity (Wildman–Crippen MR) is 74.2 cm³/mol. The fourth-order valence-electron chi connectivity index (χ4n) is 1.71. The summed E-state index contributed by atoms with van der Waals surface area (Å²) >= 11 is 0. The maximum atomic E-state index is 10.6. The summed E-state index contributed by atoms with van der Waals surface area (Å²) in [5, 5.41) is 8.70. The Kier molecular flexibility index (Phi) is 4.44. The van der Waals surface area contributed by atoms with E-state index in [9.17, 15) is 4.79 Å². The second-order valence-corrected chi connectivity index (χ2v) is 4.12. The monoisotopic (exact) mass is 270 g/mol. The van der Waals surface area contributed by atoms with Crippen molar-refractivity contribution in [2.45, 2.75) is 13.5 Å². The molecule has 0 spiro atoms. The standard InChI is InChI=1S/C15H14N2O3/c1-11-4-2-5-12(6-7-14(18)19)15(11)20-10-13-16-8-3-9-17-13/h2-9H,10H2,1H3,(H,18,19)/b7-6+. The van der Waals surface area contributed by atoms with Gasteiger partial charge in [-0.25, -0.2) is 14.8 Å². The summed E-state index contributed by atoms with van der Waals surface area (Å²) in [5.41, 5.74) is 1.64. The fraction of sp³-hybridized carbons (Fsp3) is 0.133. The minimum atomic E-state index is -0.996. The lowest BCUT2D eigenvalue weighted by Crippen LogP contribution is -2.02. The van der Waals surface area contributed by atoms with Crippen molar-refractivity contribution >= 4 is 12.0 Å². The zero-order valence-electron chi connectivity index (χ0n) is 11.0. The van der Waals surface area contributed by atoms with Gasteiger partial charge < -0.3 is 9.84 Å². The van der Waals surface area contributed by atoms with Crippen molar-refractivity contribution in [1.29, 1.82) is 0 Å². The van der Waals surface area contributed by atoms with Gasteiger partial charge in [0.1, 0.15) is 12.4 Å². The molecule has 1 aromatic heterocycles. The van der Waals surface area contributed by atoms with Crippen LogP contribution >= 0.6 is 0 Å². The average Bonchev–Trinajstić information content (AvgIpc) is 2.45. The average molecular weight is 270 g/mol. The van der Waals surface area contributed by atoms with Crippen LogP contribution in [0.5, 0.6) is 5.75 Å². The van der Waals surface area contributed by atoms with Crippen LogP contribution in [0.1, 0.15) is 17.0 Å². The lowest BCUT2D eigenvalue weighted by Gasteiger charge is -2.11.